The lowest BCUT2D eigenvalue weighted by Gasteiger charge is -1.79. The molecule has 0 unspecified atom stereocenters. The van der Waals surface area contributed by atoms with E-state index in [4.69, 9.17) is 5.11 Å². The largest absolute Gasteiger partial charge is 0.478 e. The number of carboxylic acids is 1. The van der Waals surface area contributed by atoms with Gasteiger partial charge in [-0.05, 0) is 12.2 Å². The lowest BCUT2D eigenvalue weighted by Crippen LogP contribution is -1.85. The number of carboxylic acid groups (broad SMARTS) is 1. The Kier molecular flexibility index (Phi) is 4.45. The van der Waals surface area contributed by atoms with E-state index in [1.807, 2.05) is 0 Å². The van der Waals surface area contributed by atoms with E-state index in [1.54, 1.807) is 6.08 Å². The van der Waals surface area contributed by atoms with Gasteiger partial charge in [0, 0.05) is 6.08 Å². The molecule has 0 amide bonds. The van der Waals surface area contributed by atoms with Gasteiger partial charge in [-0.1, -0.05) is 6.08 Å². The van der Waals surface area contributed by atoms with Crippen molar-refractivity contribution >= 4 is 18.6 Å². The molecule has 0 aromatic heterocycles. The van der Waals surface area contributed by atoms with Crippen LogP contribution in [0.15, 0.2) is 12.2 Å². The summed E-state index contributed by atoms with van der Waals surface area (Å²) in [5, 5.41) is 8.03. The summed E-state index contributed by atoms with van der Waals surface area (Å²) in [6.45, 7) is 0. The van der Waals surface area contributed by atoms with Crippen molar-refractivity contribution in [3.05, 3.63) is 12.2 Å². The van der Waals surface area contributed by atoms with Crippen LogP contribution < -0.4 is 0 Å². The van der Waals surface area contributed by atoms with Crippen LogP contribution in [0.1, 0.15) is 6.42 Å². The summed E-state index contributed by atoms with van der Waals surface area (Å²) in [6.07, 6.45) is 3.42. The average molecular weight is 132 g/mol. The highest BCUT2D eigenvalue weighted by Crippen LogP contribution is 1.84. The molecule has 0 saturated carbocycles. The molecule has 2 nitrogen and oxygen atoms in total. The minimum atomic E-state index is -0.896. The molecule has 0 radical (unpaired) electrons. The summed E-state index contributed by atoms with van der Waals surface area (Å²) in [4.78, 5) is 9.76. The first-order valence-corrected chi connectivity index (χ1v) is 2.91. The van der Waals surface area contributed by atoms with Crippen LogP contribution in [0.3, 0.4) is 0 Å². The van der Waals surface area contributed by atoms with Crippen molar-refractivity contribution in [2.75, 3.05) is 5.75 Å². The monoisotopic (exact) mass is 132 g/mol. The predicted molar refractivity (Wildman–Crippen MR) is 35.2 cm³/mol. The molecule has 1 N–H and O–H groups in total. The van der Waals surface area contributed by atoms with E-state index in [-0.39, 0.29) is 0 Å². The highest BCUT2D eigenvalue weighted by Gasteiger charge is 1.81. The first-order valence-electron chi connectivity index (χ1n) is 2.27. The summed E-state index contributed by atoms with van der Waals surface area (Å²) in [5.41, 5.74) is 0. The number of hydrogen-bond donors (Lipinski definition) is 2. The van der Waals surface area contributed by atoms with Gasteiger partial charge >= 0.3 is 5.97 Å². The standard InChI is InChI=1S/C5H8O2S/c6-5(7)3-1-2-4-8/h1,3,8H,2,4H2,(H,6,7)/b3-1+. The highest BCUT2D eigenvalue weighted by atomic mass is 32.1. The summed E-state index contributed by atoms with van der Waals surface area (Å²) < 4.78 is 0. The quantitative estimate of drug-likeness (QED) is 0.443. The minimum absolute atomic E-state index is 0.698. The van der Waals surface area contributed by atoms with E-state index < -0.39 is 5.97 Å². The first kappa shape index (κ1) is 7.56. The molecular formula is C5H8O2S. The molecule has 0 heterocycles. The van der Waals surface area contributed by atoms with Gasteiger partial charge in [0.25, 0.3) is 0 Å². The van der Waals surface area contributed by atoms with Crippen molar-refractivity contribution in [3.8, 4) is 0 Å². The molecule has 0 aromatic rings. The van der Waals surface area contributed by atoms with Crippen molar-refractivity contribution in [2.45, 2.75) is 6.42 Å². The minimum Gasteiger partial charge on any atom is -0.478 e. The van der Waals surface area contributed by atoms with Crippen molar-refractivity contribution in [3.63, 3.8) is 0 Å². The van der Waals surface area contributed by atoms with Crippen LogP contribution >= 0.6 is 12.6 Å². The SMILES string of the molecule is O=C(O)/C=C/CCS. The zero-order valence-corrected chi connectivity index (χ0v) is 5.27. The van der Waals surface area contributed by atoms with Crippen LogP contribution in [-0.2, 0) is 4.79 Å². The molecule has 0 aliphatic rings. The maximum atomic E-state index is 9.76. The molecule has 46 valence electrons. The summed E-state index contributed by atoms with van der Waals surface area (Å²) in [7, 11) is 0. The highest BCUT2D eigenvalue weighted by molar-refractivity contribution is 7.80. The third-order valence-corrected chi connectivity index (χ3v) is 0.814. The number of allylic oxidation sites excluding steroid dienone is 1. The van der Waals surface area contributed by atoms with Crippen LogP contribution in [0.5, 0.6) is 0 Å². The van der Waals surface area contributed by atoms with Crippen LogP contribution in [0.25, 0.3) is 0 Å². The topological polar surface area (TPSA) is 37.3 Å². The molecule has 0 spiro atoms. The van der Waals surface area contributed by atoms with Crippen molar-refractivity contribution in [1.29, 1.82) is 0 Å². The smallest absolute Gasteiger partial charge is 0.327 e. The zero-order valence-electron chi connectivity index (χ0n) is 4.37. The van der Waals surface area contributed by atoms with Gasteiger partial charge < -0.3 is 5.11 Å². The predicted octanol–water partition coefficient (Wildman–Crippen LogP) is 0.947. The number of carbonyl (C=O) groups is 1. The van der Waals surface area contributed by atoms with E-state index in [0.717, 1.165) is 12.5 Å². The normalized spacial score (nSPS) is 10.1. The lowest BCUT2D eigenvalue weighted by molar-refractivity contribution is -0.131. The fourth-order valence-corrected chi connectivity index (χ4v) is 0.408. The van der Waals surface area contributed by atoms with E-state index in [9.17, 15) is 4.79 Å². The molecule has 0 fully saturated rings. The molecule has 8 heavy (non-hydrogen) atoms. The van der Waals surface area contributed by atoms with Gasteiger partial charge in [-0.3, -0.25) is 0 Å². The maximum Gasteiger partial charge on any atom is 0.327 e. The van der Waals surface area contributed by atoms with Crippen LogP contribution in [0.2, 0.25) is 0 Å². The number of rotatable bonds is 3. The Balaban J connectivity index is 3.20. The van der Waals surface area contributed by atoms with Crippen molar-refractivity contribution in [1.82, 2.24) is 0 Å². The maximum absolute atomic E-state index is 9.76. The first-order chi connectivity index (χ1) is 3.77. The van der Waals surface area contributed by atoms with E-state index in [0.29, 0.717) is 5.75 Å². The van der Waals surface area contributed by atoms with Gasteiger partial charge in [0.05, 0.1) is 0 Å². The third-order valence-electron chi connectivity index (χ3n) is 0.556. The Morgan fingerprint density at radius 1 is 1.75 bits per heavy atom. The Hall–Kier alpha value is -0.440. The molecule has 0 aliphatic heterocycles. The summed E-state index contributed by atoms with van der Waals surface area (Å²) >= 11 is 3.88. The number of aliphatic carboxylic acids is 1. The fraction of sp³-hybridized carbons (Fsp3) is 0.400. The Labute approximate surface area is 53.6 Å². The third kappa shape index (κ3) is 5.56. The van der Waals surface area contributed by atoms with Gasteiger partial charge in [-0.25, -0.2) is 4.79 Å². The molecule has 0 rings (SSSR count). The molecular weight excluding hydrogens is 124 g/mol. The molecule has 0 saturated heterocycles. The second kappa shape index (κ2) is 4.71. The van der Waals surface area contributed by atoms with Gasteiger partial charge in [0.2, 0.25) is 0 Å². The van der Waals surface area contributed by atoms with Gasteiger partial charge in [0.15, 0.2) is 0 Å². The van der Waals surface area contributed by atoms with Gasteiger partial charge in [-0.15, -0.1) is 0 Å². The van der Waals surface area contributed by atoms with E-state index in [1.165, 1.54) is 0 Å². The van der Waals surface area contributed by atoms with Gasteiger partial charge in [0.1, 0.15) is 0 Å². The molecule has 3 heteroatoms. The molecule has 0 atom stereocenters. The molecule has 0 aromatic carbocycles. The van der Waals surface area contributed by atoms with Crippen LogP contribution in [0, 0.1) is 0 Å². The Bertz CT molecular complexity index is 98.6. The number of hydrogen-bond acceptors (Lipinski definition) is 2. The Morgan fingerprint density at radius 2 is 2.38 bits per heavy atom. The van der Waals surface area contributed by atoms with Crippen molar-refractivity contribution < 1.29 is 9.90 Å². The second-order valence-electron chi connectivity index (χ2n) is 1.25. The fourth-order valence-electron chi connectivity index (χ4n) is 0.259. The summed E-state index contributed by atoms with van der Waals surface area (Å²) in [5.74, 6) is -0.198. The average Bonchev–Trinajstić information content (AvgIpc) is 1.66. The molecule has 0 bridgehead atoms. The van der Waals surface area contributed by atoms with Gasteiger partial charge in [-0.2, -0.15) is 12.6 Å². The number of thiol groups is 1. The lowest BCUT2D eigenvalue weighted by atomic mass is 10.4. The molecule has 0 aliphatic carbocycles. The van der Waals surface area contributed by atoms with Crippen molar-refractivity contribution in [2.24, 2.45) is 0 Å². The van der Waals surface area contributed by atoms with Crippen LogP contribution in [0.4, 0.5) is 0 Å². The second-order valence-corrected chi connectivity index (χ2v) is 1.70. The Morgan fingerprint density at radius 3 is 2.75 bits per heavy atom. The van der Waals surface area contributed by atoms with E-state index in [2.05, 4.69) is 12.6 Å². The zero-order chi connectivity index (χ0) is 6.41. The van der Waals surface area contributed by atoms with E-state index >= 15 is 0 Å². The van der Waals surface area contributed by atoms with Crippen LogP contribution in [-0.4, -0.2) is 16.8 Å². The summed E-state index contributed by atoms with van der Waals surface area (Å²) in [6, 6.07) is 0.